The van der Waals surface area contributed by atoms with E-state index in [9.17, 15) is 9.90 Å². The van der Waals surface area contributed by atoms with Gasteiger partial charge in [0.15, 0.2) is 0 Å². The molecule has 0 aliphatic heterocycles. The van der Waals surface area contributed by atoms with Gasteiger partial charge in [-0.3, -0.25) is 4.79 Å². The molecule has 0 saturated heterocycles. The van der Waals surface area contributed by atoms with Crippen LogP contribution in [-0.4, -0.2) is 28.8 Å². The van der Waals surface area contributed by atoms with E-state index in [0.717, 1.165) is 25.7 Å². The fraction of sp³-hybridized carbons (Fsp3) is 0.562. The largest absolute Gasteiger partial charge is 0.396 e. The van der Waals surface area contributed by atoms with Crippen molar-refractivity contribution in [3.63, 3.8) is 0 Å². The van der Waals surface area contributed by atoms with E-state index in [1.54, 1.807) is 24.3 Å². The first-order valence-corrected chi connectivity index (χ1v) is 7.80. The first-order valence-electron chi connectivity index (χ1n) is 7.42. The van der Waals surface area contributed by atoms with Gasteiger partial charge in [0, 0.05) is 17.7 Å². The topological polar surface area (TPSA) is 69.6 Å². The molecule has 0 spiro atoms. The molecule has 1 atom stereocenters. The number of hydrogen-bond donors (Lipinski definition) is 3. The van der Waals surface area contributed by atoms with Crippen molar-refractivity contribution in [2.24, 2.45) is 5.92 Å². The van der Waals surface area contributed by atoms with Crippen molar-refractivity contribution in [3.8, 4) is 0 Å². The summed E-state index contributed by atoms with van der Waals surface area (Å²) in [5, 5.41) is 22.7. The van der Waals surface area contributed by atoms with Crippen molar-refractivity contribution in [3.05, 3.63) is 34.9 Å². The van der Waals surface area contributed by atoms with Gasteiger partial charge >= 0.3 is 0 Å². The van der Waals surface area contributed by atoms with Crippen LogP contribution in [-0.2, 0) is 4.79 Å². The van der Waals surface area contributed by atoms with Gasteiger partial charge in [-0.2, -0.15) is 0 Å². The Labute approximate surface area is 130 Å². The average Bonchev–Trinajstić information content (AvgIpc) is 2.48. The van der Waals surface area contributed by atoms with E-state index >= 15 is 0 Å². The number of rotatable bonds is 5. The Kier molecular flexibility index (Phi) is 6.03. The highest BCUT2D eigenvalue weighted by molar-refractivity contribution is 6.30. The van der Waals surface area contributed by atoms with Crippen molar-refractivity contribution in [2.45, 2.75) is 44.2 Å². The summed E-state index contributed by atoms with van der Waals surface area (Å²) >= 11 is 5.80. The molecule has 1 fully saturated rings. The van der Waals surface area contributed by atoms with Crippen LogP contribution in [0.3, 0.4) is 0 Å². The van der Waals surface area contributed by atoms with Crippen LogP contribution in [0.4, 0.5) is 0 Å². The molecule has 3 N–H and O–H groups in total. The lowest BCUT2D eigenvalue weighted by molar-refractivity contribution is -0.124. The number of amides is 1. The van der Waals surface area contributed by atoms with Crippen molar-refractivity contribution in [2.75, 3.05) is 6.61 Å². The summed E-state index contributed by atoms with van der Waals surface area (Å²) in [6, 6.07) is 7.03. The first kappa shape index (κ1) is 16.3. The second-order valence-corrected chi connectivity index (χ2v) is 6.18. The fourth-order valence-corrected chi connectivity index (χ4v) is 2.88. The molecule has 1 aliphatic rings. The van der Waals surface area contributed by atoms with Crippen LogP contribution in [0.15, 0.2) is 24.3 Å². The van der Waals surface area contributed by atoms with Crippen LogP contribution < -0.4 is 5.32 Å². The molecule has 0 radical (unpaired) electrons. The third-order valence-corrected chi connectivity index (χ3v) is 4.36. The molecule has 1 saturated carbocycles. The quantitative estimate of drug-likeness (QED) is 0.782. The van der Waals surface area contributed by atoms with Crippen LogP contribution in [0.5, 0.6) is 0 Å². The van der Waals surface area contributed by atoms with E-state index in [1.807, 2.05) is 0 Å². The zero-order chi connectivity index (χ0) is 15.2. The lowest BCUT2D eigenvalue weighted by Gasteiger charge is -2.28. The summed E-state index contributed by atoms with van der Waals surface area (Å²) in [4.78, 5) is 12.0. The predicted molar refractivity (Wildman–Crippen MR) is 82.0 cm³/mol. The Morgan fingerprint density at radius 2 is 1.86 bits per heavy atom. The molecule has 1 aliphatic carbocycles. The Hall–Kier alpha value is -1.10. The number of hydrogen-bond acceptors (Lipinski definition) is 3. The van der Waals surface area contributed by atoms with Crippen LogP contribution in [0, 0.1) is 5.92 Å². The zero-order valence-electron chi connectivity index (χ0n) is 12.0. The maximum atomic E-state index is 12.0. The minimum absolute atomic E-state index is 0.0571. The molecule has 116 valence electrons. The summed E-state index contributed by atoms with van der Waals surface area (Å²) in [6.07, 6.45) is 2.93. The van der Waals surface area contributed by atoms with Gasteiger partial charge in [-0.05, 0) is 49.3 Å². The van der Waals surface area contributed by atoms with Crippen LogP contribution in [0.1, 0.15) is 43.8 Å². The molecule has 0 bridgehead atoms. The third-order valence-electron chi connectivity index (χ3n) is 4.10. The standard InChI is InChI=1S/C16H22ClNO3/c17-13-5-3-12(4-6-13)15(20)9-16(21)18-14-7-1-11(10-19)2-8-14/h3-6,11,14-15,19-20H,1-2,7-10H2,(H,18,21). The third kappa shape index (κ3) is 4.99. The smallest absolute Gasteiger partial charge is 0.223 e. The summed E-state index contributed by atoms with van der Waals surface area (Å²) < 4.78 is 0. The van der Waals surface area contributed by atoms with E-state index in [2.05, 4.69) is 5.32 Å². The molecule has 0 aromatic heterocycles. The van der Waals surface area contributed by atoms with Gasteiger partial charge in [0.05, 0.1) is 12.5 Å². The van der Waals surface area contributed by atoms with Gasteiger partial charge < -0.3 is 15.5 Å². The maximum Gasteiger partial charge on any atom is 0.223 e. The molecular formula is C16H22ClNO3. The van der Waals surface area contributed by atoms with Gasteiger partial charge in [0.25, 0.3) is 0 Å². The van der Waals surface area contributed by atoms with E-state index in [-0.39, 0.29) is 25.0 Å². The lowest BCUT2D eigenvalue weighted by atomic mass is 9.86. The number of carbonyl (C=O) groups excluding carboxylic acids is 1. The summed E-state index contributed by atoms with van der Waals surface area (Å²) in [7, 11) is 0. The normalized spacial score (nSPS) is 23.6. The molecule has 0 heterocycles. The van der Waals surface area contributed by atoms with Gasteiger partial charge in [-0.15, -0.1) is 0 Å². The summed E-state index contributed by atoms with van der Waals surface area (Å²) in [5.74, 6) is 0.239. The van der Waals surface area contributed by atoms with Crippen molar-refractivity contribution >= 4 is 17.5 Å². The average molecular weight is 312 g/mol. The zero-order valence-corrected chi connectivity index (χ0v) is 12.7. The minimum atomic E-state index is -0.809. The van der Waals surface area contributed by atoms with Gasteiger partial charge in [0.1, 0.15) is 0 Å². The van der Waals surface area contributed by atoms with Crippen molar-refractivity contribution in [1.82, 2.24) is 5.32 Å². The Morgan fingerprint density at radius 3 is 2.43 bits per heavy atom. The molecule has 21 heavy (non-hydrogen) atoms. The molecule has 2 rings (SSSR count). The van der Waals surface area contributed by atoms with E-state index in [4.69, 9.17) is 16.7 Å². The van der Waals surface area contributed by atoms with Gasteiger partial charge in [-0.25, -0.2) is 0 Å². The molecule has 1 aromatic carbocycles. The Bertz CT molecular complexity index is 455. The molecular weight excluding hydrogens is 290 g/mol. The highest BCUT2D eigenvalue weighted by Crippen LogP contribution is 2.24. The number of aliphatic hydroxyl groups excluding tert-OH is 2. The predicted octanol–water partition coefficient (Wildman–Crippen LogP) is 2.43. The Balaban J connectivity index is 1.78. The van der Waals surface area contributed by atoms with Gasteiger partial charge in [0.2, 0.25) is 5.91 Å². The maximum absolute atomic E-state index is 12.0. The van der Waals surface area contributed by atoms with Crippen molar-refractivity contribution < 1.29 is 15.0 Å². The highest BCUT2D eigenvalue weighted by atomic mass is 35.5. The molecule has 1 unspecified atom stereocenters. The number of nitrogens with one attached hydrogen (secondary N) is 1. The molecule has 1 amide bonds. The van der Waals surface area contributed by atoms with Crippen LogP contribution in [0.25, 0.3) is 0 Å². The fourth-order valence-electron chi connectivity index (χ4n) is 2.75. The number of aliphatic hydroxyl groups is 2. The number of halogens is 1. The summed E-state index contributed by atoms with van der Waals surface area (Å²) in [5.41, 5.74) is 0.693. The van der Waals surface area contributed by atoms with Crippen molar-refractivity contribution in [1.29, 1.82) is 0 Å². The monoisotopic (exact) mass is 311 g/mol. The van der Waals surface area contributed by atoms with E-state index < -0.39 is 6.10 Å². The SMILES string of the molecule is O=C(CC(O)c1ccc(Cl)cc1)NC1CCC(CO)CC1. The summed E-state index contributed by atoms with van der Waals surface area (Å²) in [6.45, 7) is 0.232. The van der Waals surface area contributed by atoms with Crippen LogP contribution in [0.2, 0.25) is 5.02 Å². The van der Waals surface area contributed by atoms with E-state index in [0.29, 0.717) is 16.5 Å². The molecule has 1 aromatic rings. The first-order chi connectivity index (χ1) is 10.1. The highest BCUT2D eigenvalue weighted by Gasteiger charge is 2.22. The Morgan fingerprint density at radius 1 is 1.24 bits per heavy atom. The number of benzene rings is 1. The van der Waals surface area contributed by atoms with E-state index in [1.165, 1.54) is 0 Å². The molecule has 5 heteroatoms. The number of carbonyl (C=O) groups is 1. The van der Waals surface area contributed by atoms with Crippen LogP contribution >= 0.6 is 11.6 Å². The second-order valence-electron chi connectivity index (χ2n) is 5.74. The second kappa shape index (κ2) is 7.78. The lowest BCUT2D eigenvalue weighted by Crippen LogP contribution is -2.38. The van der Waals surface area contributed by atoms with Gasteiger partial charge in [-0.1, -0.05) is 23.7 Å². The molecule has 4 nitrogen and oxygen atoms in total. The minimum Gasteiger partial charge on any atom is -0.396 e.